The molecule has 0 aliphatic rings. The van der Waals surface area contributed by atoms with Gasteiger partial charge in [-0.3, -0.25) is 0 Å². The minimum atomic E-state index is 0.859. The van der Waals surface area contributed by atoms with E-state index in [1.807, 2.05) is 26.0 Å². The highest BCUT2D eigenvalue weighted by molar-refractivity contribution is 9.11. The zero-order valence-corrected chi connectivity index (χ0v) is 11.9. The summed E-state index contributed by atoms with van der Waals surface area (Å²) < 4.78 is 13.3. The molecule has 2 aromatic heterocycles. The monoisotopic (exact) mass is 342 g/mol. The van der Waals surface area contributed by atoms with Crippen molar-refractivity contribution >= 4 is 53.8 Å². The number of aryl methyl sites for hydroxylation is 2. The molecule has 2 nitrogen and oxygen atoms in total. The van der Waals surface area contributed by atoms with Crippen molar-refractivity contribution in [2.75, 3.05) is 0 Å². The molecule has 0 atom stereocenters. The molecule has 0 radical (unpaired) electrons. The lowest BCUT2D eigenvalue weighted by atomic mass is 10.2. The lowest BCUT2D eigenvalue weighted by Crippen LogP contribution is -1.73. The van der Waals surface area contributed by atoms with E-state index in [0.29, 0.717) is 0 Å². The van der Waals surface area contributed by atoms with Crippen LogP contribution in [0.1, 0.15) is 11.5 Å². The maximum atomic E-state index is 5.68. The number of furan rings is 2. The van der Waals surface area contributed by atoms with Gasteiger partial charge in [0.2, 0.25) is 0 Å². The highest BCUT2D eigenvalue weighted by Crippen LogP contribution is 2.41. The van der Waals surface area contributed by atoms with Gasteiger partial charge in [-0.2, -0.15) is 0 Å². The first-order chi connectivity index (χ1) is 7.58. The van der Waals surface area contributed by atoms with Gasteiger partial charge in [0.15, 0.2) is 0 Å². The first-order valence-corrected chi connectivity index (χ1v) is 6.44. The van der Waals surface area contributed by atoms with Crippen LogP contribution in [0.4, 0.5) is 0 Å². The van der Waals surface area contributed by atoms with Gasteiger partial charge in [-0.15, -0.1) is 0 Å². The van der Waals surface area contributed by atoms with Crippen molar-refractivity contribution in [1.82, 2.24) is 0 Å². The van der Waals surface area contributed by atoms with Gasteiger partial charge >= 0.3 is 0 Å². The quantitative estimate of drug-likeness (QED) is 0.552. The topological polar surface area (TPSA) is 26.3 Å². The standard InChI is InChI=1S/C12H8Br2O2/c1-5-3-7-9(13)12-8(4-6(2)16-12)10(14)11(7)15-5/h3-4H,1-2H3. The van der Waals surface area contributed by atoms with E-state index >= 15 is 0 Å². The summed E-state index contributed by atoms with van der Waals surface area (Å²) in [6.45, 7) is 3.87. The average Bonchev–Trinajstić information content (AvgIpc) is 2.78. The summed E-state index contributed by atoms with van der Waals surface area (Å²) >= 11 is 7.14. The minimum Gasteiger partial charge on any atom is -0.460 e. The molecule has 16 heavy (non-hydrogen) atoms. The van der Waals surface area contributed by atoms with Gasteiger partial charge in [0.05, 0.1) is 8.95 Å². The highest BCUT2D eigenvalue weighted by atomic mass is 79.9. The molecule has 0 aliphatic carbocycles. The summed E-state index contributed by atoms with van der Waals surface area (Å²) in [5.74, 6) is 1.78. The summed E-state index contributed by atoms with van der Waals surface area (Å²) in [5, 5.41) is 2.07. The Morgan fingerprint density at radius 3 is 1.56 bits per heavy atom. The van der Waals surface area contributed by atoms with Gasteiger partial charge in [0.1, 0.15) is 22.7 Å². The van der Waals surface area contributed by atoms with Crippen molar-refractivity contribution < 1.29 is 8.83 Å². The fourth-order valence-corrected chi connectivity index (χ4v) is 3.10. The summed E-state index contributed by atoms with van der Waals surface area (Å²) in [6.07, 6.45) is 0. The van der Waals surface area contributed by atoms with Crippen LogP contribution in [0.2, 0.25) is 0 Å². The molecule has 1 aromatic carbocycles. The second kappa shape index (κ2) is 3.37. The second-order valence-corrected chi connectivity index (χ2v) is 5.41. The number of benzene rings is 1. The largest absolute Gasteiger partial charge is 0.460 e. The van der Waals surface area contributed by atoms with Crippen LogP contribution in [0.5, 0.6) is 0 Å². The Bertz CT molecular complexity index is 592. The van der Waals surface area contributed by atoms with Gasteiger partial charge in [0.25, 0.3) is 0 Å². The van der Waals surface area contributed by atoms with Crippen molar-refractivity contribution in [2.45, 2.75) is 13.8 Å². The Balaban J connectivity index is 2.63. The fraction of sp³-hybridized carbons (Fsp3) is 0.167. The summed E-state index contributed by atoms with van der Waals surface area (Å²) in [6, 6.07) is 4.00. The molecule has 3 aromatic rings. The van der Waals surface area contributed by atoms with Crippen molar-refractivity contribution in [1.29, 1.82) is 0 Å². The highest BCUT2D eigenvalue weighted by Gasteiger charge is 2.17. The Labute approximate surface area is 109 Å². The van der Waals surface area contributed by atoms with Gasteiger partial charge in [-0.1, -0.05) is 0 Å². The molecule has 0 saturated carbocycles. The molecule has 4 heteroatoms. The normalized spacial score (nSPS) is 11.8. The van der Waals surface area contributed by atoms with Crippen LogP contribution < -0.4 is 0 Å². The predicted octanol–water partition coefficient (Wildman–Crippen LogP) is 5.32. The maximum Gasteiger partial charge on any atom is 0.150 e. The third-order valence-electron chi connectivity index (χ3n) is 2.58. The molecule has 82 valence electrons. The van der Waals surface area contributed by atoms with E-state index in [2.05, 4.69) is 31.9 Å². The first kappa shape index (κ1) is 10.4. The summed E-state index contributed by atoms with van der Waals surface area (Å²) in [4.78, 5) is 0. The van der Waals surface area contributed by atoms with Crippen LogP contribution in [-0.4, -0.2) is 0 Å². The van der Waals surface area contributed by atoms with Crippen molar-refractivity contribution in [3.05, 3.63) is 32.6 Å². The van der Waals surface area contributed by atoms with Crippen LogP contribution in [-0.2, 0) is 0 Å². The zero-order valence-electron chi connectivity index (χ0n) is 8.73. The summed E-state index contributed by atoms with van der Waals surface area (Å²) in [5.41, 5.74) is 1.72. The first-order valence-electron chi connectivity index (χ1n) is 4.85. The number of hydrogen-bond acceptors (Lipinski definition) is 2. The molecule has 0 aliphatic heterocycles. The Morgan fingerprint density at radius 2 is 1.19 bits per heavy atom. The van der Waals surface area contributed by atoms with Crippen LogP contribution >= 0.6 is 31.9 Å². The van der Waals surface area contributed by atoms with Crippen LogP contribution in [0.3, 0.4) is 0 Å². The molecule has 0 spiro atoms. The molecule has 3 rings (SSSR count). The lowest BCUT2D eigenvalue weighted by molar-refractivity contribution is 0.573. The molecule has 0 bridgehead atoms. The predicted molar refractivity (Wildman–Crippen MR) is 70.9 cm³/mol. The molecule has 0 N–H and O–H groups in total. The van der Waals surface area contributed by atoms with Gasteiger partial charge in [-0.25, -0.2) is 0 Å². The molecule has 0 saturated heterocycles. The van der Waals surface area contributed by atoms with E-state index in [-0.39, 0.29) is 0 Å². The molecule has 0 fully saturated rings. The SMILES string of the molecule is Cc1cc2c(Br)c3oc(C)cc3c(Br)c2o1. The van der Waals surface area contributed by atoms with Crippen LogP contribution in [0, 0.1) is 13.8 Å². The van der Waals surface area contributed by atoms with Crippen molar-refractivity contribution in [2.24, 2.45) is 0 Å². The van der Waals surface area contributed by atoms with Crippen LogP contribution in [0.15, 0.2) is 29.9 Å². The minimum absolute atomic E-state index is 0.859. The molecular weight excluding hydrogens is 336 g/mol. The van der Waals surface area contributed by atoms with Crippen LogP contribution in [0.25, 0.3) is 21.9 Å². The average molecular weight is 344 g/mol. The van der Waals surface area contributed by atoms with E-state index in [1.54, 1.807) is 0 Å². The Hall–Kier alpha value is -0.740. The Morgan fingerprint density at radius 1 is 0.812 bits per heavy atom. The van der Waals surface area contributed by atoms with E-state index in [1.165, 1.54) is 0 Å². The number of halogens is 2. The van der Waals surface area contributed by atoms with Crippen molar-refractivity contribution in [3.63, 3.8) is 0 Å². The van der Waals surface area contributed by atoms with E-state index in [9.17, 15) is 0 Å². The van der Waals surface area contributed by atoms with Crippen molar-refractivity contribution in [3.8, 4) is 0 Å². The van der Waals surface area contributed by atoms with E-state index in [4.69, 9.17) is 8.83 Å². The smallest absolute Gasteiger partial charge is 0.150 e. The fourth-order valence-electron chi connectivity index (χ4n) is 1.93. The zero-order chi connectivity index (χ0) is 11.4. The molecule has 0 amide bonds. The number of hydrogen-bond donors (Lipinski definition) is 0. The van der Waals surface area contributed by atoms with E-state index < -0.39 is 0 Å². The lowest BCUT2D eigenvalue weighted by Gasteiger charge is -1.98. The molecule has 0 unspecified atom stereocenters. The van der Waals surface area contributed by atoms with Gasteiger partial charge in [0, 0.05) is 10.8 Å². The van der Waals surface area contributed by atoms with Gasteiger partial charge in [-0.05, 0) is 57.8 Å². The summed E-state index contributed by atoms with van der Waals surface area (Å²) in [7, 11) is 0. The second-order valence-electron chi connectivity index (χ2n) is 3.83. The van der Waals surface area contributed by atoms with E-state index in [0.717, 1.165) is 42.4 Å². The third-order valence-corrected chi connectivity index (χ3v) is 4.16. The molecule has 2 heterocycles. The third kappa shape index (κ3) is 1.29. The molecular formula is C12H8Br2O2. The number of rotatable bonds is 0. The Kier molecular flexibility index (Phi) is 2.20. The number of fused-ring (bicyclic) bond motifs is 2. The van der Waals surface area contributed by atoms with Gasteiger partial charge < -0.3 is 8.83 Å². The maximum absolute atomic E-state index is 5.68.